The third-order valence-corrected chi connectivity index (χ3v) is 2.37. The molecule has 19 heavy (non-hydrogen) atoms. The van der Waals surface area contributed by atoms with Crippen LogP contribution >= 0.6 is 0 Å². The number of ether oxygens (including phenoxy) is 1. The molecule has 0 aliphatic heterocycles. The van der Waals surface area contributed by atoms with Crippen molar-refractivity contribution in [3.63, 3.8) is 0 Å². The fourth-order valence-corrected chi connectivity index (χ4v) is 1.55. The number of ketones is 1. The van der Waals surface area contributed by atoms with Crippen molar-refractivity contribution in [2.75, 3.05) is 27.2 Å². The van der Waals surface area contributed by atoms with Gasteiger partial charge in [-0.2, -0.15) is 0 Å². The van der Waals surface area contributed by atoms with Gasteiger partial charge in [0, 0.05) is 0 Å². The van der Waals surface area contributed by atoms with Crippen LogP contribution in [0.3, 0.4) is 0 Å². The second-order valence-electron chi connectivity index (χ2n) is 4.35. The number of likely N-dealkylation sites (N-methyl/N-ethyl adjacent to an activating group) is 1. The van der Waals surface area contributed by atoms with Gasteiger partial charge in [-0.05, 0) is 32.7 Å². The number of carbonyl (C=O) groups is 2. The van der Waals surface area contributed by atoms with Crippen LogP contribution in [0, 0.1) is 0 Å². The molecule has 0 spiro atoms. The van der Waals surface area contributed by atoms with Crippen molar-refractivity contribution in [2.45, 2.75) is 6.92 Å². The Morgan fingerprint density at radius 2 is 1.84 bits per heavy atom. The van der Waals surface area contributed by atoms with E-state index in [0.717, 1.165) is 5.56 Å². The highest BCUT2D eigenvalue weighted by atomic mass is 16.5. The fraction of sp³-hybridized carbons (Fsp3) is 0.333. The van der Waals surface area contributed by atoms with Gasteiger partial charge in [0.2, 0.25) is 0 Å². The number of benzene rings is 1. The summed E-state index contributed by atoms with van der Waals surface area (Å²) in [4.78, 5) is 25.6. The summed E-state index contributed by atoms with van der Waals surface area (Å²) in [5, 5.41) is 0. The first-order valence-corrected chi connectivity index (χ1v) is 6.16. The van der Waals surface area contributed by atoms with E-state index in [4.69, 9.17) is 4.74 Å². The largest absolute Gasteiger partial charge is 0.462 e. The van der Waals surface area contributed by atoms with E-state index >= 15 is 0 Å². The van der Waals surface area contributed by atoms with Crippen molar-refractivity contribution < 1.29 is 14.3 Å². The third-order valence-electron chi connectivity index (χ3n) is 2.37. The molecule has 1 aromatic rings. The molecule has 1 rings (SSSR count). The molecule has 102 valence electrons. The highest BCUT2D eigenvalue weighted by molar-refractivity contribution is 6.21. The van der Waals surface area contributed by atoms with Crippen molar-refractivity contribution in [3.8, 4) is 0 Å². The van der Waals surface area contributed by atoms with E-state index in [9.17, 15) is 9.59 Å². The maximum absolute atomic E-state index is 12.1. The standard InChI is InChI=1S/C15H19NO3/c1-4-19-15(18)13(14(17)11-16(2)3)10-12-8-6-5-7-9-12/h5-10H,4,11H2,1-3H3. The lowest BCUT2D eigenvalue weighted by atomic mass is 10.1. The van der Waals surface area contributed by atoms with Gasteiger partial charge in [-0.3, -0.25) is 4.79 Å². The van der Waals surface area contributed by atoms with E-state index in [1.165, 1.54) is 0 Å². The number of esters is 1. The molecule has 0 amide bonds. The fourth-order valence-electron chi connectivity index (χ4n) is 1.55. The molecule has 0 saturated carbocycles. The summed E-state index contributed by atoms with van der Waals surface area (Å²) in [5.74, 6) is -0.814. The van der Waals surface area contributed by atoms with E-state index in [1.807, 2.05) is 30.3 Å². The summed E-state index contributed by atoms with van der Waals surface area (Å²) in [5.41, 5.74) is 0.888. The molecule has 0 heterocycles. The molecule has 0 N–H and O–H groups in total. The van der Waals surface area contributed by atoms with E-state index in [2.05, 4.69) is 0 Å². The molecule has 4 heteroatoms. The Labute approximate surface area is 113 Å². The lowest BCUT2D eigenvalue weighted by Crippen LogP contribution is -2.26. The van der Waals surface area contributed by atoms with Gasteiger partial charge in [0.25, 0.3) is 0 Å². The monoisotopic (exact) mass is 261 g/mol. The van der Waals surface area contributed by atoms with Gasteiger partial charge in [0.1, 0.15) is 5.57 Å². The number of carbonyl (C=O) groups excluding carboxylic acids is 2. The van der Waals surface area contributed by atoms with Crippen LogP contribution in [0.4, 0.5) is 0 Å². The Hall–Kier alpha value is -1.94. The number of hydrogen-bond acceptors (Lipinski definition) is 4. The SMILES string of the molecule is CCOC(=O)C(=Cc1ccccc1)C(=O)CN(C)C. The minimum absolute atomic E-state index is 0.0850. The van der Waals surface area contributed by atoms with Gasteiger partial charge in [0.05, 0.1) is 13.2 Å². The van der Waals surface area contributed by atoms with Gasteiger partial charge in [-0.1, -0.05) is 30.3 Å². The van der Waals surface area contributed by atoms with Crippen molar-refractivity contribution in [1.82, 2.24) is 4.90 Å². The normalized spacial score (nSPS) is 11.5. The lowest BCUT2D eigenvalue weighted by molar-refractivity contribution is -0.139. The van der Waals surface area contributed by atoms with E-state index in [1.54, 1.807) is 32.0 Å². The van der Waals surface area contributed by atoms with Crippen molar-refractivity contribution in [2.24, 2.45) is 0 Å². The number of hydrogen-bond donors (Lipinski definition) is 0. The summed E-state index contributed by atoms with van der Waals surface area (Å²) in [7, 11) is 3.56. The van der Waals surface area contributed by atoms with Crippen LogP contribution < -0.4 is 0 Å². The second kappa shape index (κ2) is 7.48. The van der Waals surface area contributed by atoms with Crippen LogP contribution in [0.25, 0.3) is 6.08 Å². The zero-order valence-corrected chi connectivity index (χ0v) is 11.6. The number of rotatable bonds is 6. The molecule has 0 unspecified atom stereocenters. The number of nitrogens with zero attached hydrogens (tertiary/aromatic N) is 1. The van der Waals surface area contributed by atoms with Crippen LogP contribution in [-0.2, 0) is 14.3 Å². The molecular formula is C15H19NO3. The lowest BCUT2D eigenvalue weighted by Gasteiger charge is -2.10. The van der Waals surface area contributed by atoms with Crippen LogP contribution in [-0.4, -0.2) is 43.9 Å². The van der Waals surface area contributed by atoms with Crippen LogP contribution in [0.5, 0.6) is 0 Å². The Balaban J connectivity index is 3.02. The third kappa shape index (κ3) is 5.06. The molecule has 0 aromatic heterocycles. The Morgan fingerprint density at radius 3 is 2.37 bits per heavy atom. The van der Waals surface area contributed by atoms with Gasteiger partial charge in [0.15, 0.2) is 5.78 Å². The summed E-state index contributed by atoms with van der Waals surface area (Å²) < 4.78 is 4.93. The Morgan fingerprint density at radius 1 is 1.21 bits per heavy atom. The zero-order valence-electron chi connectivity index (χ0n) is 11.6. The summed E-state index contributed by atoms with van der Waals surface area (Å²) >= 11 is 0. The van der Waals surface area contributed by atoms with Gasteiger partial charge < -0.3 is 9.64 Å². The maximum atomic E-state index is 12.1. The molecule has 0 atom stereocenters. The smallest absolute Gasteiger partial charge is 0.341 e. The zero-order chi connectivity index (χ0) is 14.3. The van der Waals surface area contributed by atoms with Gasteiger partial charge in [-0.15, -0.1) is 0 Å². The highest BCUT2D eigenvalue weighted by Crippen LogP contribution is 2.10. The Bertz CT molecular complexity index is 464. The van der Waals surface area contributed by atoms with Crippen molar-refractivity contribution in [3.05, 3.63) is 41.5 Å². The molecule has 0 bridgehead atoms. The average molecular weight is 261 g/mol. The highest BCUT2D eigenvalue weighted by Gasteiger charge is 2.19. The molecule has 1 aromatic carbocycles. The van der Waals surface area contributed by atoms with Crippen LogP contribution in [0.15, 0.2) is 35.9 Å². The molecular weight excluding hydrogens is 242 g/mol. The first-order chi connectivity index (χ1) is 9.04. The summed E-state index contributed by atoms with van der Waals surface area (Å²) in [6.45, 7) is 2.14. The first kappa shape index (κ1) is 15.1. The predicted molar refractivity (Wildman–Crippen MR) is 74.6 cm³/mol. The van der Waals surface area contributed by atoms with Crippen LogP contribution in [0.2, 0.25) is 0 Å². The first-order valence-electron chi connectivity index (χ1n) is 6.16. The van der Waals surface area contributed by atoms with Crippen LogP contribution in [0.1, 0.15) is 12.5 Å². The van der Waals surface area contributed by atoms with E-state index in [-0.39, 0.29) is 24.5 Å². The quantitative estimate of drug-likeness (QED) is 0.339. The molecule has 4 nitrogen and oxygen atoms in total. The van der Waals surface area contributed by atoms with E-state index in [0.29, 0.717) is 0 Å². The molecule has 0 aliphatic carbocycles. The molecule has 0 aliphatic rings. The second-order valence-corrected chi connectivity index (χ2v) is 4.35. The Kier molecular flexibility index (Phi) is 5.96. The molecule has 0 saturated heterocycles. The maximum Gasteiger partial charge on any atom is 0.341 e. The number of Topliss-reactive ketones (excluding diaryl/α,β-unsaturated/α-hetero) is 1. The van der Waals surface area contributed by atoms with E-state index < -0.39 is 5.97 Å². The summed E-state index contributed by atoms with van der Waals surface area (Å²) in [6, 6.07) is 9.25. The van der Waals surface area contributed by atoms with Crippen molar-refractivity contribution >= 4 is 17.8 Å². The minimum atomic E-state index is -0.571. The topological polar surface area (TPSA) is 46.6 Å². The summed E-state index contributed by atoms with van der Waals surface area (Å²) in [6.07, 6.45) is 1.57. The average Bonchev–Trinajstić information content (AvgIpc) is 2.36. The molecule has 0 radical (unpaired) electrons. The van der Waals surface area contributed by atoms with Gasteiger partial charge in [-0.25, -0.2) is 4.79 Å². The predicted octanol–water partition coefficient (Wildman–Crippen LogP) is 1.76. The van der Waals surface area contributed by atoms with Gasteiger partial charge >= 0.3 is 5.97 Å². The molecule has 0 fully saturated rings. The van der Waals surface area contributed by atoms with Crippen molar-refractivity contribution in [1.29, 1.82) is 0 Å². The minimum Gasteiger partial charge on any atom is -0.462 e.